The zero-order valence-corrected chi connectivity index (χ0v) is 16.1. The van der Waals surface area contributed by atoms with Gasteiger partial charge in [0.05, 0.1) is 6.04 Å². The number of nitrogens with zero attached hydrogens (tertiary/aromatic N) is 5. The second kappa shape index (κ2) is 8.45. The predicted octanol–water partition coefficient (Wildman–Crippen LogP) is 2.93. The summed E-state index contributed by atoms with van der Waals surface area (Å²) in [5, 5.41) is 0. The van der Waals surface area contributed by atoms with Crippen LogP contribution in [0.15, 0.2) is 30.3 Å². The van der Waals surface area contributed by atoms with Gasteiger partial charge in [-0.2, -0.15) is 15.0 Å². The summed E-state index contributed by atoms with van der Waals surface area (Å²) in [7, 11) is 3.84. The second-order valence-electron chi connectivity index (χ2n) is 7.43. The van der Waals surface area contributed by atoms with E-state index < -0.39 is 0 Å². The molecule has 2 heterocycles. The molecule has 0 spiro atoms. The highest BCUT2D eigenvalue weighted by Gasteiger charge is 2.25. The molecule has 0 amide bonds. The van der Waals surface area contributed by atoms with Crippen LogP contribution in [0.4, 0.5) is 11.9 Å². The first-order chi connectivity index (χ1) is 12.5. The molecular formula is C20H30N6. The van der Waals surface area contributed by atoms with Crippen molar-refractivity contribution in [3.63, 3.8) is 0 Å². The monoisotopic (exact) mass is 354 g/mol. The lowest BCUT2D eigenvalue weighted by atomic mass is 9.90. The molecule has 0 radical (unpaired) electrons. The standard InChI is InChI=1S/C20H30N6/c1-15(18-22-19(21)24-20(23-18)25(2)3)26-13-11-17(12-14-26)10-9-16-7-5-4-6-8-16/h4-8,15,17H,9-14H2,1-3H3,(H2,21,22,23,24). The van der Waals surface area contributed by atoms with Crippen LogP contribution < -0.4 is 10.6 Å². The van der Waals surface area contributed by atoms with Crippen molar-refractivity contribution in [3.8, 4) is 0 Å². The maximum Gasteiger partial charge on any atom is 0.229 e. The highest BCUT2D eigenvalue weighted by molar-refractivity contribution is 5.33. The Morgan fingerprint density at radius 3 is 2.46 bits per heavy atom. The van der Waals surface area contributed by atoms with Crippen LogP contribution in [0.2, 0.25) is 0 Å². The molecular weight excluding hydrogens is 324 g/mol. The van der Waals surface area contributed by atoms with Gasteiger partial charge in [0, 0.05) is 14.1 Å². The summed E-state index contributed by atoms with van der Waals surface area (Å²) in [5.74, 6) is 2.49. The van der Waals surface area contributed by atoms with Gasteiger partial charge in [-0.1, -0.05) is 30.3 Å². The zero-order chi connectivity index (χ0) is 18.5. The Bertz CT molecular complexity index is 695. The summed E-state index contributed by atoms with van der Waals surface area (Å²) >= 11 is 0. The molecule has 1 aliphatic heterocycles. The molecule has 0 aliphatic carbocycles. The number of piperidine rings is 1. The SMILES string of the molecule is CC(c1nc(N)nc(N(C)C)n1)N1CCC(CCc2ccccc2)CC1. The maximum atomic E-state index is 5.87. The van der Waals surface area contributed by atoms with Crippen LogP contribution in [0.1, 0.15) is 43.6 Å². The molecule has 140 valence electrons. The van der Waals surface area contributed by atoms with Crippen molar-refractivity contribution in [2.75, 3.05) is 37.8 Å². The fourth-order valence-corrected chi connectivity index (χ4v) is 3.59. The molecule has 1 saturated heterocycles. The minimum atomic E-state index is 0.161. The zero-order valence-electron chi connectivity index (χ0n) is 16.1. The first-order valence-electron chi connectivity index (χ1n) is 9.49. The summed E-state index contributed by atoms with van der Waals surface area (Å²) in [6.45, 7) is 4.34. The van der Waals surface area contributed by atoms with Crippen molar-refractivity contribution in [3.05, 3.63) is 41.7 Å². The number of hydrogen-bond donors (Lipinski definition) is 1. The Kier molecular flexibility index (Phi) is 6.04. The van der Waals surface area contributed by atoms with Gasteiger partial charge in [0.2, 0.25) is 11.9 Å². The van der Waals surface area contributed by atoms with E-state index in [9.17, 15) is 0 Å². The van der Waals surface area contributed by atoms with Gasteiger partial charge in [0.15, 0.2) is 5.82 Å². The number of nitrogen functional groups attached to an aromatic ring is 1. The average Bonchev–Trinajstić information content (AvgIpc) is 2.66. The van der Waals surface area contributed by atoms with Crippen molar-refractivity contribution >= 4 is 11.9 Å². The Balaban J connectivity index is 1.54. The van der Waals surface area contributed by atoms with E-state index in [1.807, 2.05) is 19.0 Å². The molecule has 1 aliphatic rings. The van der Waals surface area contributed by atoms with Crippen LogP contribution in [0.25, 0.3) is 0 Å². The van der Waals surface area contributed by atoms with Crippen LogP contribution in [-0.2, 0) is 6.42 Å². The highest BCUT2D eigenvalue weighted by atomic mass is 15.3. The molecule has 1 atom stereocenters. The number of anilines is 2. The van der Waals surface area contributed by atoms with Gasteiger partial charge in [-0.25, -0.2) is 0 Å². The Morgan fingerprint density at radius 2 is 1.81 bits per heavy atom. The van der Waals surface area contributed by atoms with Gasteiger partial charge < -0.3 is 10.6 Å². The summed E-state index contributed by atoms with van der Waals surface area (Å²) < 4.78 is 0. The first-order valence-corrected chi connectivity index (χ1v) is 9.49. The molecule has 6 heteroatoms. The van der Waals surface area contributed by atoms with E-state index in [1.54, 1.807) is 0 Å². The second-order valence-corrected chi connectivity index (χ2v) is 7.43. The van der Waals surface area contributed by atoms with Crippen LogP contribution in [0.5, 0.6) is 0 Å². The third-order valence-electron chi connectivity index (χ3n) is 5.31. The van der Waals surface area contributed by atoms with Crippen molar-refractivity contribution in [2.45, 2.75) is 38.6 Å². The van der Waals surface area contributed by atoms with Crippen LogP contribution in [0, 0.1) is 5.92 Å². The van der Waals surface area contributed by atoms with Crippen LogP contribution in [-0.4, -0.2) is 47.0 Å². The van der Waals surface area contributed by atoms with Gasteiger partial charge in [-0.05, 0) is 57.2 Å². The van der Waals surface area contributed by atoms with Gasteiger partial charge in [-0.3, -0.25) is 4.90 Å². The van der Waals surface area contributed by atoms with Gasteiger partial charge in [0.25, 0.3) is 0 Å². The summed E-state index contributed by atoms with van der Waals surface area (Å²) in [4.78, 5) is 17.5. The lowest BCUT2D eigenvalue weighted by Gasteiger charge is -2.35. The topological polar surface area (TPSA) is 71.2 Å². The van der Waals surface area contributed by atoms with E-state index in [1.165, 1.54) is 31.2 Å². The van der Waals surface area contributed by atoms with E-state index >= 15 is 0 Å². The lowest BCUT2D eigenvalue weighted by Crippen LogP contribution is -2.36. The van der Waals surface area contributed by atoms with Crippen molar-refractivity contribution < 1.29 is 0 Å². The van der Waals surface area contributed by atoms with Crippen LogP contribution in [0.3, 0.4) is 0 Å². The first kappa shape index (κ1) is 18.6. The Labute approximate surface area is 156 Å². The quantitative estimate of drug-likeness (QED) is 0.860. The van der Waals surface area contributed by atoms with E-state index in [4.69, 9.17) is 5.73 Å². The number of nitrogens with two attached hydrogens (primary N) is 1. The van der Waals surface area contributed by atoms with Gasteiger partial charge in [-0.15, -0.1) is 0 Å². The summed E-state index contributed by atoms with van der Waals surface area (Å²) in [6.07, 6.45) is 4.92. The molecule has 3 rings (SSSR count). The minimum Gasteiger partial charge on any atom is -0.368 e. The average molecular weight is 355 g/mol. The molecule has 1 unspecified atom stereocenters. The van der Waals surface area contributed by atoms with Crippen molar-refractivity contribution in [1.82, 2.24) is 19.9 Å². The molecule has 0 bridgehead atoms. The van der Waals surface area contributed by atoms with E-state index in [-0.39, 0.29) is 6.04 Å². The molecule has 1 fully saturated rings. The molecule has 1 aromatic carbocycles. The highest BCUT2D eigenvalue weighted by Crippen LogP contribution is 2.28. The normalized spacial score (nSPS) is 17.2. The number of benzene rings is 1. The number of aryl methyl sites for hydroxylation is 1. The summed E-state index contributed by atoms with van der Waals surface area (Å²) in [6, 6.07) is 11.0. The number of hydrogen-bond acceptors (Lipinski definition) is 6. The van der Waals surface area contributed by atoms with E-state index in [0.717, 1.165) is 24.8 Å². The van der Waals surface area contributed by atoms with Gasteiger partial charge in [0.1, 0.15) is 0 Å². The number of aromatic nitrogens is 3. The smallest absolute Gasteiger partial charge is 0.229 e. The third-order valence-corrected chi connectivity index (χ3v) is 5.31. The fourth-order valence-electron chi connectivity index (χ4n) is 3.59. The molecule has 2 aromatic rings. The Morgan fingerprint density at radius 1 is 1.12 bits per heavy atom. The fraction of sp³-hybridized carbons (Fsp3) is 0.550. The molecule has 2 N–H and O–H groups in total. The molecule has 26 heavy (non-hydrogen) atoms. The van der Waals surface area contributed by atoms with E-state index in [0.29, 0.717) is 11.9 Å². The van der Waals surface area contributed by atoms with Gasteiger partial charge >= 0.3 is 0 Å². The lowest BCUT2D eigenvalue weighted by molar-refractivity contribution is 0.133. The number of likely N-dealkylation sites (tertiary alicyclic amines) is 1. The van der Waals surface area contributed by atoms with Crippen molar-refractivity contribution in [1.29, 1.82) is 0 Å². The van der Waals surface area contributed by atoms with Crippen LogP contribution >= 0.6 is 0 Å². The molecule has 6 nitrogen and oxygen atoms in total. The van der Waals surface area contributed by atoms with E-state index in [2.05, 4.69) is 57.1 Å². The van der Waals surface area contributed by atoms with Crippen molar-refractivity contribution in [2.24, 2.45) is 5.92 Å². The maximum absolute atomic E-state index is 5.87. The predicted molar refractivity (Wildman–Crippen MR) is 106 cm³/mol. The third kappa shape index (κ3) is 4.69. The minimum absolute atomic E-state index is 0.161. The Hall–Kier alpha value is -2.21. The summed E-state index contributed by atoms with van der Waals surface area (Å²) in [5.41, 5.74) is 7.32. The largest absolute Gasteiger partial charge is 0.368 e. The molecule has 1 aromatic heterocycles. The number of rotatable bonds is 6. The molecule has 0 saturated carbocycles.